The van der Waals surface area contributed by atoms with Gasteiger partial charge in [-0.3, -0.25) is 9.59 Å². The van der Waals surface area contributed by atoms with E-state index >= 15 is 0 Å². The largest absolute Gasteiger partial charge is 0.493 e. The Labute approximate surface area is 205 Å². The molecule has 0 aromatic heterocycles. The number of rotatable bonds is 5. The third-order valence-electron chi connectivity index (χ3n) is 6.13. The maximum atomic E-state index is 15.0. The molecular weight excluding hydrogens is 503 g/mol. The molecule has 3 aromatic rings. The predicted molar refractivity (Wildman–Crippen MR) is 131 cm³/mol. The second kappa shape index (κ2) is 9.46. The topological polar surface area (TPSA) is 67.9 Å². The molecule has 0 aliphatic carbocycles. The number of hydrogen-bond acceptors (Lipinski definition) is 4. The highest BCUT2D eigenvalue weighted by Crippen LogP contribution is 2.46. The van der Waals surface area contributed by atoms with Gasteiger partial charge >= 0.3 is 0 Å². The second-order valence-electron chi connectivity index (χ2n) is 8.10. The van der Waals surface area contributed by atoms with Gasteiger partial charge in [0.2, 0.25) is 5.91 Å². The number of fused-ring (bicyclic) bond motifs is 1. The maximum absolute atomic E-state index is 15.0. The first-order chi connectivity index (χ1) is 16.3. The summed E-state index contributed by atoms with van der Waals surface area (Å²) in [6, 6.07) is 14.0. The Bertz CT molecular complexity index is 1280. The number of halogens is 2. The molecule has 2 amide bonds. The fourth-order valence-corrected chi connectivity index (χ4v) is 4.89. The van der Waals surface area contributed by atoms with Gasteiger partial charge in [-0.2, -0.15) is 0 Å². The lowest BCUT2D eigenvalue weighted by Crippen LogP contribution is -2.44. The molecule has 34 heavy (non-hydrogen) atoms. The highest BCUT2D eigenvalue weighted by atomic mass is 79.9. The second-order valence-corrected chi connectivity index (χ2v) is 9.02. The monoisotopic (exact) mass is 526 g/mol. The third kappa shape index (κ3) is 4.14. The number of amides is 2. The summed E-state index contributed by atoms with van der Waals surface area (Å²) >= 11 is 3.43. The van der Waals surface area contributed by atoms with E-state index in [4.69, 9.17) is 9.47 Å². The first kappa shape index (κ1) is 23.8. The summed E-state index contributed by atoms with van der Waals surface area (Å²) in [5.41, 5.74) is 2.49. The highest BCUT2D eigenvalue weighted by Gasteiger charge is 2.44. The molecule has 1 N–H and O–H groups in total. The number of nitrogens with zero attached hydrogens (tertiary/aromatic N) is 1. The fourth-order valence-electron chi connectivity index (χ4n) is 4.41. The van der Waals surface area contributed by atoms with Crippen molar-refractivity contribution in [2.75, 3.05) is 26.6 Å². The molecule has 0 spiro atoms. The van der Waals surface area contributed by atoms with Crippen molar-refractivity contribution in [3.8, 4) is 11.5 Å². The minimum absolute atomic E-state index is 0.256. The summed E-state index contributed by atoms with van der Waals surface area (Å²) in [5, 5.41) is 2.98. The molecule has 1 heterocycles. The average molecular weight is 527 g/mol. The molecule has 0 bridgehead atoms. The van der Waals surface area contributed by atoms with Gasteiger partial charge in [0.25, 0.3) is 5.91 Å². The van der Waals surface area contributed by atoms with Gasteiger partial charge in [-0.1, -0.05) is 34.1 Å². The number of hydrogen-bond donors (Lipinski definition) is 1. The molecule has 0 saturated carbocycles. The zero-order valence-corrected chi connectivity index (χ0v) is 20.8. The van der Waals surface area contributed by atoms with Crippen LogP contribution in [0.2, 0.25) is 0 Å². The highest BCUT2D eigenvalue weighted by molar-refractivity contribution is 9.10. The summed E-state index contributed by atoms with van der Waals surface area (Å²) in [7, 11) is 4.53. The van der Waals surface area contributed by atoms with Crippen molar-refractivity contribution in [2.45, 2.75) is 18.9 Å². The summed E-state index contributed by atoms with van der Waals surface area (Å²) in [4.78, 5) is 28.6. The van der Waals surface area contributed by atoms with Crippen LogP contribution in [0.1, 0.15) is 39.0 Å². The number of benzene rings is 3. The molecule has 1 aliphatic rings. The number of nitrogens with one attached hydrogen (secondary N) is 1. The molecule has 0 unspecified atom stereocenters. The van der Waals surface area contributed by atoms with Crippen LogP contribution in [0.3, 0.4) is 0 Å². The van der Waals surface area contributed by atoms with Crippen LogP contribution in [0, 0.1) is 12.7 Å². The molecular formula is C26H24BrFN2O4. The summed E-state index contributed by atoms with van der Waals surface area (Å²) in [5.74, 6) is -1.36. The Morgan fingerprint density at radius 3 is 2.35 bits per heavy atom. The van der Waals surface area contributed by atoms with E-state index in [0.29, 0.717) is 28.3 Å². The number of carbonyl (C=O) groups excluding carboxylic acids is 2. The van der Waals surface area contributed by atoms with Gasteiger partial charge in [-0.15, -0.1) is 0 Å². The van der Waals surface area contributed by atoms with Crippen molar-refractivity contribution in [2.24, 2.45) is 0 Å². The van der Waals surface area contributed by atoms with Crippen molar-refractivity contribution >= 4 is 33.4 Å². The Morgan fingerprint density at radius 1 is 1.03 bits per heavy atom. The van der Waals surface area contributed by atoms with E-state index in [0.717, 1.165) is 10.0 Å². The molecule has 4 rings (SSSR count). The minimum Gasteiger partial charge on any atom is -0.493 e. The van der Waals surface area contributed by atoms with E-state index in [2.05, 4.69) is 21.2 Å². The van der Waals surface area contributed by atoms with Crippen molar-refractivity contribution < 1.29 is 23.5 Å². The first-order valence-corrected chi connectivity index (χ1v) is 11.4. The van der Waals surface area contributed by atoms with Gasteiger partial charge in [-0.05, 0) is 54.4 Å². The Kier molecular flexibility index (Phi) is 6.61. The summed E-state index contributed by atoms with van der Waals surface area (Å²) in [6.45, 7) is 1.88. The van der Waals surface area contributed by atoms with Crippen molar-refractivity contribution in [3.63, 3.8) is 0 Å². The lowest BCUT2D eigenvalue weighted by Gasteiger charge is -2.40. The smallest absolute Gasteiger partial charge is 0.254 e. The third-order valence-corrected chi connectivity index (χ3v) is 6.62. The van der Waals surface area contributed by atoms with Crippen LogP contribution in [0.5, 0.6) is 11.5 Å². The van der Waals surface area contributed by atoms with E-state index in [1.54, 1.807) is 43.4 Å². The minimum atomic E-state index is -0.905. The van der Waals surface area contributed by atoms with Crippen molar-refractivity contribution in [1.82, 2.24) is 4.90 Å². The molecule has 0 saturated heterocycles. The zero-order valence-electron chi connectivity index (χ0n) is 19.2. The molecule has 8 heteroatoms. The first-order valence-electron chi connectivity index (χ1n) is 10.6. The number of anilines is 1. The number of ether oxygens (including phenoxy) is 2. The molecule has 0 radical (unpaired) electrons. The van der Waals surface area contributed by atoms with Crippen LogP contribution in [0.15, 0.2) is 59.1 Å². The summed E-state index contributed by atoms with van der Waals surface area (Å²) in [6.07, 6.45) is 0. The Balaban J connectivity index is 1.91. The van der Waals surface area contributed by atoms with E-state index in [1.165, 1.54) is 25.2 Å². The van der Waals surface area contributed by atoms with E-state index in [-0.39, 0.29) is 17.4 Å². The Morgan fingerprint density at radius 2 is 1.71 bits per heavy atom. The molecule has 2 atom stereocenters. The van der Waals surface area contributed by atoms with Gasteiger partial charge in [0.15, 0.2) is 11.5 Å². The van der Waals surface area contributed by atoms with Gasteiger partial charge in [-0.25, -0.2) is 4.39 Å². The lowest BCUT2D eigenvalue weighted by molar-refractivity contribution is -0.119. The van der Waals surface area contributed by atoms with Crippen LogP contribution in [-0.2, 0) is 4.79 Å². The molecule has 3 aromatic carbocycles. The number of carbonyl (C=O) groups is 2. The molecule has 6 nitrogen and oxygen atoms in total. The molecule has 1 aliphatic heterocycles. The average Bonchev–Trinajstić information content (AvgIpc) is 2.82. The zero-order chi connectivity index (χ0) is 24.6. The van der Waals surface area contributed by atoms with Gasteiger partial charge in [0.1, 0.15) is 5.82 Å². The Hall–Kier alpha value is -3.39. The van der Waals surface area contributed by atoms with Crippen LogP contribution >= 0.6 is 15.9 Å². The SMILES string of the molecule is COc1cc2c(cc1OC)[C@H](C(=O)Nc1ccc(Br)cc1C)[C@@H](c1ccccc1F)N(C)C2=O. The van der Waals surface area contributed by atoms with Gasteiger partial charge in [0, 0.05) is 28.3 Å². The normalized spacial score (nSPS) is 17.2. The van der Waals surface area contributed by atoms with Crippen molar-refractivity contribution in [1.29, 1.82) is 0 Å². The van der Waals surface area contributed by atoms with E-state index < -0.39 is 17.8 Å². The fraction of sp³-hybridized carbons (Fsp3) is 0.231. The quantitative estimate of drug-likeness (QED) is 0.479. The van der Waals surface area contributed by atoms with Crippen LogP contribution in [-0.4, -0.2) is 38.0 Å². The number of aryl methyl sites for hydroxylation is 1. The van der Waals surface area contributed by atoms with E-state index in [9.17, 15) is 14.0 Å². The maximum Gasteiger partial charge on any atom is 0.254 e. The van der Waals surface area contributed by atoms with Gasteiger partial charge < -0.3 is 19.7 Å². The number of methoxy groups -OCH3 is 2. The van der Waals surface area contributed by atoms with Crippen LogP contribution in [0.25, 0.3) is 0 Å². The predicted octanol–water partition coefficient (Wildman–Crippen LogP) is 5.46. The lowest BCUT2D eigenvalue weighted by atomic mass is 9.79. The van der Waals surface area contributed by atoms with E-state index in [1.807, 2.05) is 19.1 Å². The summed E-state index contributed by atoms with van der Waals surface area (Å²) < 4.78 is 26.7. The van der Waals surface area contributed by atoms with Gasteiger partial charge in [0.05, 0.1) is 26.2 Å². The van der Waals surface area contributed by atoms with Crippen molar-refractivity contribution in [3.05, 3.63) is 87.1 Å². The van der Waals surface area contributed by atoms with Crippen LogP contribution in [0.4, 0.5) is 10.1 Å². The number of likely N-dealkylation sites (N-methyl/N-ethyl adjacent to an activating group) is 1. The standard InChI is InChI=1S/C26H24BrFN2O4/c1-14-11-15(27)9-10-20(14)29-25(31)23-17-12-21(33-3)22(34-4)13-18(17)26(32)30(2)24(23)16-7-5-6-8-19(16)28/h5-13,23-24H,1-4H3,(H,29,31)/t23-,24+/m0/s1. The van der Waals surface area contributed by atoms with Crippen LogP contribution < -0.4 is 14.8 Å². The molecule has 0 fully saturated rings. The molecule has 176 valence electrons.